The first-order valence-corrected chi connectivity index (χ1v) is 17.4. The highest BCUT2D eigenvalue weighted by Crippen LogP contribution is 2.79. The van der Waals surface area contributed by atoms with E-state index in [-0.39, 0.29) is 63.3 Å². The highest BCUT2D eigenvalue weighted by atomic mass is 16.7. The molecule has 5 N–H and O–H groups in total. The summed E-state index contributed by atoms with van der Waals surface area (Å²) >= 11 is 0. The molecule has 6 fully saturated rings. The molecule has 1 spiro atoms. The lowest BCUT2D eigenvalue weighted by atomic mass is 9.32. The van der Waals surface area contributed by atoms with Gasteiger partial charge in [-0.1, -0.05) is 53.7 Å². The van der Waals surface area contributed by atoms with Crippen molar-refractivity contribution in [3.8, 4) is 0 Å². The maximum absolute atomic E-state index is 12.0. The van der Waals surface area contributed by atoms with E-state index in [0.29, 0.717) is 18.9 Å². The van der Waals surface area contributed by atoms with Crippen LogP contribution in [0, 0.1) is 50.2 Å². The summed E-state index contributed by atoms with van der Waals surface area (Å²) in [7, 11) is 0. The van der Waals surface area contributed by atoms with E-state index in [1.807, 2.05) is 0 Å². The minimum absolute atomic E-state index is 0.0582. The van der Waals surface area contributed by atoms with E-state index in [1.54, 1.807) is 6.92 Å². The first-order valence-electron chi connectivity index (χ1n) is 17.4. The molecule has 0 aromatic carbocycles. The van der Waals surface area contributed by atoms with E-state index in [1.165, 1.54) is 0 Å². The minimum Gasteiger partial charge on any atom is -0.396 e. The van der Waals surface area contributed by atoms with E-state index in [0.717, 1.165) is 44.9 Å². The highest BCUT2D eigenvalue weighted by Gasteiger charge is 2.79. The van der Waals surface area contributed by atoms with Crippen LogP contribution in [0.25, 0.3) is 0 Å². The molecule has 0 radical (unpaired) electrons. The monoisotopic (exact) mass is 618 g/mol. The Morgan fingerprint density at radius 2 is 1.57 bits per heavy atom. The lowest BCUT2D eigenvalue weighted by Gasteiger charge is -2.73. The highest BCUT2D eigenvalue weighted by molar-refractivity contribution is 5.36. The van der Waals surface area contributed by atoms with Crippen molar-refractivity contribution in [1.29, 1.82) is 0 Å². The SMILES string of the molecule is C[C@H]1O[C@@H](O[C@H]2CC[C@@]3(C)[C@H](CC[C@]4(C)[C@@H]3C=C[C@]35OC[C@@]6(CCC(C)(C)C[C@@H]63)[C@H](O)C[C@]54C)[C@]2(C)CO)[C@H](O)[C@@H](O)[C@H]1O. The second kappa shape index (κ2) is 9.74. The fourth-order valence-electron chi connectivity index (χ4n) is 12.8. The standard InChI is InChI=1S/C36H58O8/c1-20-26(39)27(40)28(41)29(43-20)44-25-10-11-31(4)21(32(25,5)18-37)8-12-33(6)22(31)9-13-36-23-16-30(2,3)14-15-35(23,19-42-36)24(38)17-34(33,36)7/h9,13,20-29,37-41H,8,10-12,14-19H2,1-7H3/t20-,21+,22-,23+,24-,25+,26+,27+,28-,29+,31+,32+,33-,34+,35-,36+/m1/s1. The zero-order valence-electron chi connectivity index (χ0n) is 28.0. The van der Waals surface area contributed by atoms with Crippen LogP contribution in [0.3, 0.4) is 0 Å². The van der Waals surface area contributed by atoms with Crippen molar-refractivity contribution in [3.63, 3.8) is 0 Å². The van der Waals surface area contributed by atoms with Crippen LogP contribution in [-0.2, 0) is 14.2 Å². The van der Waals surface area contributed by atoms with Gasteiger partial charge in [-0.25, -0.2) is 0 Å². The van der Waals surface area contributed by atoms with E-state index in [9.17, 15) is 25.5 Å². The van der Waals surface area contributed by atoms with Crippen LogP contribution in [0.5, 0.6) is 0 Å². The van der Waals surface area contributed by atoms with Gasteiger partial charge in [-0.05, 0) is 86.4 Å². The van der Waals surface area contributed by atoms with Gasteiger partial charge in [0.2, 0.25) is 0 Å². The van der Waals surface area contributed by atoms with E-state index in [4.69, 9.17) is 14.2 Å². The maximum Gasteiger partial charge on any atom is 0.186 e. The van der Waals surface area contributed by atoms with Crippen LogP contribution in [-0.4, -0.2) is 87.3 Å². The third-order valence-corrected chi connectivity index (χ3v) is 15.8. The van der Waals surface area contributed by atoms with E-state index in [2.05, 4.69) is 53.7 Å². The Kier molecular flexibility index (Phi) is 7.08. The summed E-state index contributed by atoms with van der Waals surface area (Å²) in [5, 5.41) is 54.4. The molecule has 8 heteroatoms. The third-order valence-electron chi connectivity index (χ3n) is 15.8. The lowest BCUT2D eigenvalue weighted by Crippen LogP contribution is -2.72. The average molecular weight is 619 g/mol. The summed E-state index contributed by atoms with van der Waals surface area (Å²) in [6, 6.07) is 0. The number of aliphatic hydroxyl groups excluding tert-OH is 5. The van der Waals surface area contributed by atoms with Gasteiger partial charge in [-0.3, -0.25) is 0 Å². The number of fused-ring (bicyclic) bond motifs is 4. The van der Waals surface area contributed by atoms with Crippen molar-refractivity contribution in [2.45, 2.75) is 148 Å². The van der Waals surface area contributed by atoms with Gasteiger partial charge in [0.1, 0.15) is 18.3 Å². The molecule has 44 heavy (non-hydrogen) atoms. The minimum atomic E-state index is -1.37. The van der Waals surface area contributed by atoms with Gasteiger partial charge < -0.3 is 39.7 Å². The van der Waals surface area contributed by atoms with Crippen molar-refractivity contribution in [2.24, 2.45) is 50.2 Å². The van der Waals surface area contributed by atoms with Crippen LogP contribution in [0.1, 0.15) is 99.8 Å². The van der Waals surface area contributed by atoms with Crippen molar-refractivity contribution in [3.05, 3.63) is 12.2 Å². The zero-order valence-corrected chi connectivity index (χ0v) is 28.0. The molecule has 8 nitrogen and oxygen atoms in total. The molecule has 0 aromatic rings. The molecule has 5 aliphatic carbocycles. The molecule has 2 bridgehead atoms. The molecule has 2 saturated heterocycles. The van der Waals surface area contributed by atoms with Crippen LogP contribution in [0.4, 0.5) is 0 Å². The Morgan fingerprint density at radius 3 is 2.27 bits per heavy atom. The van der Waals surface area contributed by atoms with Crippen molar-refractivity contribution in [1.82, 2.24) is 0 Å². The van der Waals surface area contributed by atoms with Gasteiger partial charge >= 0.3 is 0 Å². The Balaban J connectivity index is 1.23. The number of rotatable bonds is 3. The molecular formula is C36H58O8. The summed E-state index contributed by atoms with van der Waals surface area (Å²) in [5.74, 6) is 0.695. The quantitative estimate of drug-likeness (QED) is 0.238. The van der Waals surface area contributed by atoms with Crippen molar-refractivity contribution in [2.75, 3.05) is 13.2 Å². The Morgan fingerprint density at radius 1 is 0.841 bits per heavy atom. The van der Waals surface area contributed by atoms with Gasteiger partial charge in [-0.2, -0.15) is 0 Å². The average Bonchev–Trinajstić information content (AvgIpc) is 3.24. The molecule has 4 saturated carbocycles. The predicted octanol–water partition coefficient (Wildman–Crippen LogP) is 3.95. The maximum atomic E-state index is 12.0. The van der Waals surface area contributed by atoms with Crippen LogP contribution in [0.15, 0.2) is 12.2 Å². The van der Waals surface area contributed by atoms with Gasteiger partial charge in [-0.15, -0.1) is 0 Å². The normalized spacial score (nSPS) is 61.0. The molecule has 7 rings (SSSR count). The smallest absolute Gasteiger partial charge is 0.186 e. The molecule has 0 unspecified atom stereocenters. The van der Waals surface area contributed by atoms with Gasteiger partial charge in [0.05, 0.1) is 37.1 Å². The number of hydrogen-bond acceptors (Lipinski definition) is 8. The Labute approximate surface area is 263 Å². The topological polar surface area (TPSA) is 129 Å². The largest absolute Gasteiger partial charge is 0.396 e. The Bertz CT molecular complexity index is 1190. The van der Waals surface area contributed by atoms with Crippen LogP contribution >= 0.6 is 0 Å². The van der Waals surface area contributed by atoms with Gasteiger partial charge in [0, 0.05) is 22.2 Å². The summed E-state index contributed by atoms with van der Waals surface area (Å²) < 4.78 is 19.4. The third kappa shape index (κ3) is 3.75. The second-order valence-electron chi connectivity index (χ2n) is 18.1. The number of aliphatic hydroxyl groups is 5. The van der Waals surface area contributed by atoms with Crippen molar-refractivity contribution < 1.29 is 39.7 Å². The molecule has 0 aromatic heterocycles. The number of allylic oxidation sites excluding steroid dienone is 1. The summed E-state index contributed by atoms with van der Waals surface area (Å²) in [6.45, 7) is 16.4. The van der Waals surface area contributed by atoms with E-state index < -0.39 is 36.1 Å². The van der Waals surface area contributed by atoms with Crippen LogP contribution < -0.4 is 0 Å². The molecule has 250 valence electrons. The first-order chi connectivity index (χ1) is 20.4. The molecule has 2 aliphatic heterocycles. The summed E-state index contributed by atoms with van der Waals surface area (Å²) in [6.07, 6.45) is 5.98. The zero-order chi connectivity index (χ0) is 31.9. The summed E-state index contributed by atoms with van der Waals surface area (Å²) in [5.41, 5.74) is -1.36. The molecular weight excluding hydrogens is 560 g/mol. The predicted molar refractivity (Wildman–Crippen MR) is 164 cm³/mol. The van der Waals surface area contributed by atoms with Crippen molar-refractivity contribution >= 4 is 0 Å². The lowest BCUT2D eigenvalue weighted by molar-refractivity contribution is -0.329. The summed E-state index contributed by atoms with van der Waals surface area (Å²) in [4.78, 5) is 0. The van der Waals surface area contributed by atoms with E-state index >= 15 is 0 Å². The first kappa shape index (κ1) is 32.0. The molecule has 16 atom stereocenters. The van der Waals surface area contributed by atoms with Gasteiger partial charge in [0.15, 0.2) is 6.29 Å². The second-order valence-corrected chi connectivity index (χ2v) is 18.1. The van der Waals surface area contributed by atoms with Gasteiger partial charge in [0.25, 0.3) is 0 Å². The number of ether oxygens (including phenoxy) is 3. The fraction of sp³-hybridized carbons (Fsp3) is 0.944. The molecule has 7 aliphatic rings. The Hall–Kier alpha value is -0.580. The molecule has 2 heterocycles. The fourth-order valence-corrected chi connectivity index (χ4v) is 12.8. The number of hydrogen-bond donors (Lipinski definition) is 5. The molecule has 0 amide bonds. The van der Waals surface area contributed by atoms with Crippen LogP contribution in [0.2, 0.25) is 0 Å².